The average Bonchev–Trinajstić information content (AvgIpc) is 3.37. The fourth-order valence-corrected chi connectivity index (χ4v) is 2.60. The summed E-state index contributed by atoms with van der Waals surface area (Å²) in [7, 11) is 4.36. The number of esters is 1. The van der Waals surface area contributed by atoms with Gasteiger partial charge in [-0.25, -0.2) is 4.79 Å². The molecule has 0 bridgehead atoms. The molecule has 1 atom stereocenters. The van der Waals surface area contributed by atoms with Crippen LogP contribution in [0, 0.1) is 5.92 Å². The van der Waals surface area contributed by atoms with E-state index in [-0.39, 0.29) is 5.92 Å². The molecule has 5 nitrogen and oxygen atoms in total. The van der Waals surface area contributed by atoms with Gasteiger partial charge in [-0.05, 0) is 18.4 Å². The minimum absolute atomic E-state index is 0.0542. The van der Waals surface area contributed by atoms with Gasteiger partial charge in [0.1, 0.15) is 0 Å². The van der Waals surface area contributed by atoms with Crippen LogP contribution in [0.5, 0.6) is 0 Å². The molecule has 0 radical (unpaired) electrons. The number of ether oxygens (including phenoxy) is 4. The van der Waals surface area contributed by atoms with Gasteiger partial charge in [-0.3, -0.25) is 0 Å². The Balaban J connectivity index is 2.23. The van der Waals surface area contributed by atoms with Crippen molar-refractivity contribution in [2.45, 2.75) is 31.3 Å². The highest BCUT2D eigenvalue weighted by Gasteiger charge is 2.59. The smallest absolute Gasteiger partial charge is 0.343 e. The van der Waals surface area contributed by atoms with Gasteiger partial charge in [-0.15, -0.1) is 0 Å². The molecule has 2 rings (SSSR count). The Morgan fingerprint density at radius 2 is 1.81 bits per heavy atom. The van der Waals surface area contributed by atoms with Crippen LogP contribution >= 0.6 is 0 Å². The van der Waals surface area contributed by atoms with Crippen LogP contribution in [0.3, 0.4) is 0 Å². The van der Waals surface area contributed by atoms with E-state index >= 15 is 0 Å². The number of rotatable bonds is 8. The van der Waals surface area contributed by atoms with Crippen molar-refractivity contribution < 1.29 is 23.7 Å². The first-order chi connectivity index (χ1) is 10.2. The fourth-order valence-electron chi connectivity index (χ4n) is 2.60. The molecule has 116 valence electrons. The highest BCUT2D eigenvalue weighted by atomic mass is 16.7. The second kappa shape index (κ2) is 7.02. The van der Waals surface area contributed by atoms with E-state index < -0.39 is 17.9 Å². The Labute approximate surface area is 125 Å². The summed E-state index contributed by atoms with van der Waals surface area (Å²) in [6.45, 7) is 0.301. The van der Waals surface area contributed by atoms with Crippen LogP contribution in [0.4, 0.5) is 0 Å². The lowest BCUT2D eigenvalue weighted by Crippen LogP contribution is -2.55. The number of carbonyl (C=O) groups excluding carboxylic acids is 1. The third kappa shape index (κ3) is 3.26. The summed E-state index contributed by atoms with van der Waals surface area (Å²) in [6.07, 6.45) is 1.00. The van der Waals surface area contributed by atoms with Crippen molar-refractivity contribution in [1.29, 1.82) is 0 Å². The maximum absolute atomic E-state index is 12.4. The van der Waals surface area contributed by atoms with Crippen LogP contribution in [-0.4, -0.2) is 39.2 Å². The molecule has 5 heteroatoms. The fraction of sp³-hybridized carbons (Fsp3) is 0.562. The molecule has 0 saturated heterocycles. The molecule has 1 aromatic carbocycles. The van der Waals surface area contributed by atoms with E-state index in [0.717, 1.165) is 18.4 Å². The van der Waals surface area contributed by atoms with Crippen LogP contribution in [0.15, 0.2) is 30.3 Å². The summed E-state index contributed by atoms with van der Waals surface area (Å²) < 4.78 is 21.6. The zero-order chi connectivity index (χ0) is 15.3. The van der Waals surface area contributed by atoms with Gasteiger partial charge < -0.3 is 18.9 Å². The monoisotopic (exact) mass is 294 g/mol. The molecule has 0 aromatic heterocycles. The molecule has 1 aliphatic carbocycles. The van der Waals surface area contributed by atoms with Gasteiger partial charge in [0.25, 0.3) is 0 Å². The number of carbonyl (C=O) groups is 1. The van der Waals surface area contributed by atoms with Crippen molar-refractivity contribution in [3.05, 3.63) is 35.9 Å². The number of hydrogen-bond acceptors (Lipinski definition) is 5. The molecule has 0 amide bonds. The molecular weight excluding hydrogens is 272 g/mol. The second-order valence-electron chi connectivity index (χ2n) is 5.14. The molecule has 21 heavy (non-hydrogen) atoms. The molecule has 1 aromatic rings. The zero-order valence-corrected chi connectivity index (χ0v) is 12.7. The van der Waals surface area contributed by atoms with Gasteiger partial charge in [-0.2, -0.15) is 0 Å². The van der Waals surface area contributed by atoms with E-state index in [1.54, 1.807) is 0 Å². The Bertz CT molecular complexity index is 453. The lowest BCUT2D eigenvalue weighted by atomic mass is 9.96. The third-order valence-corrected chi connectivity index (χ3v) is 3.79. The summed E-state index contributed by atoms with van der Waals surface area (Å²) >= 11 is 0. The van der Waals surface area contributed by atoms with Crippen LogP contribution in [0.1, 0.15) is 18.4 Å². The van der Waals surface area contributed by atoms with E-state index in [1.165, 1.54) is 21.3 Å². The predicted octanol–water partition coefficient (Wildman–Crippen LogP) is 2.14. The van der Waals surface area contributed by atoms with Crippen LogP contribution < -0.4 is 0 Å². The first-order valence-electron chi connectivity index (χ1n) is 7.01. The van der Waals surface area contributed by atoms with Crippen LogP contribution in [0.2, 0.25) is 0 Å². The minimum Gasteiger partial charge on any atom is -0.467 e. The van der Waals surface area contributed by atoms with Crippen LogP contribution in [-0.2, 0) is 30.3 Å². The van der Waals surface area contributed by atoms with Gasteiger partial charge >= 0.3 is 5.97 Å². The van der Waals surface area contributed by atoms with Crippen molar-refractivity contribution in [1.82, 2.24) is 0 Å². The molecule has 0 aliphatic heterocycles. The summed E-state index contributed by atoms with van der Waals surface area (Å²) in [5.41, 5.74) is -0.231. The van der Waals surface area contributed by atoms with Crippen molar-refractivity contribution in [2.75, 3.05) is 21.3 Å². The molecule has 0 spiro atoms. The quantitative estimate of drug-likeness (QED) is 0.543. The van der Waals surface area contributed by atoms with Gasteiger partial charge in [0.05, 0.1) is 13.7 Å². The highest BCUT2D eigenvalue weighted by Crippen LogP contribution is 2.46. The third-order valence-electron chi connectivity index (χ3n) is 3.79. The van der Waals surface area contributed by atoms with Crippen molar-refractivity contribution in [3.63, 3.8) is 0 Å². The topological polar surface area (TPSA) is 54.0 Å². The van der Waals surface area contributed by atoms with E-state index in [1.807, 2.05) is 30.3 Å². The molecule has 1 fully saturated rings. The molecule has 0 N–H and O–H groups in total. The van der Waals surface area contributed by atoms with Gasteiger partial charge in [0, 0.05) is 20.1 Å². The average molecular weight is 294 g/mol. The van der Waals surface area contributed by atoms with Crippen molar-refractivity contribution >= 4 is 5.97 Å². The molecule has 1 aliphatic rings. The van der Waals surface area contributed by atoms with Gasteiger partial charge in [0.2, 0.25) is 5.60 Å². The van der Waals surface area contributed by atoms with Crippen LogP contribution in [0.25, 0.3) is 0 Å². The summed E-state index contributed by atoms with van der Waals surface area (Å²) in [4.78, 5) is 12.4. The van der Waals surface area contributed by atoms with E-state index in [4.69, 9.17) is 18.9 Å². The maximum atomic E-state index is 12.4. The highest BCUT2D eigenvalue weighted by molar-refractivity contribution is 5.81. The first-order valence-corrected chi connectivity index (χ1v) is 7.01. The van der Waals surface area contributed by atoms with E-state index in [2.05, 4.69) is 0 Å². The van der Waals surface area contributed by atoms with Crippen molar-refractivity contribution in [2.24, 2.45) is 5.92 Å². The largest absolute Gasteiger partial charge is 0.467 e. The standard InChI is InChI=1S/C16H22O5/c1-18-14(17)16(13-9-10-13,15(19-2)20-3)21-11-12-7-5-4-6-8-12/h4-8,13,15H,9-11H2,1-3H3/t16-/m0/s1. The summed E-state index contributed by atoms with van der Waals surface area (Å²) in [5.74, 6) is -0.395. The molecule has 0 unspecified atom stereocenters. The Kier molecular flexibility index (Phi) is 5.33. The summed E-state index contributed by atoms with van der Waals surface area (Å²) in [5, 5.41) is 0. The Morgan fingerprint density at radius 1 is 1.19 bits per heavy atom. The van der Waals surface area contributed by atoms with Crippen molar-refractivity contribution in [3.8, 4) is 0 Å². The predicted molar refractivity (Wildman–Crippen MR) is 76.5 cm³/mol. The first kappa shape index (κ1) is 15.9. The molecule has 1 saturated carbocycles. The lowest BCUT2D eigenvalue weighted by molar-refractivity contribution is -0.252. The molecule has 0 heterocycles. The second-order valence-corrected chi connectivity index (χ2v) is 5.14. The lowest BCUT2D eigenvalue weighted by Gasteiger charge is -2.36. The van der Waals surface area contributed by atoms with Gasteiger partial charge in [-0.1, -0.05) is 30.3 Å². The normalized spacial score (nSPS) is 17.5. The Hall–Kier alpha value is -1.43. The Morgan fingerprint density at radius 3 is 2.29 bits per heavy atom. The van der Waals surface area contributed by atoms with E-state index in [0.29, 0.717) is 6.61 Å². The van der Waals surface area contributed by atoms with Gasteiger partial charge in [0.15, 0.2) is 6.29 Å². The maximum Gasteiger partial charge on any atom is 0.343 e. The number of benzene rings is 1. The SMILES string of the molecule is COC(=O)[C@@](OCc1ccccc1)(C1CC1)C(OC)OC. The summed E-state index contributed by atoms with van der Waals surface area (Å²) in [6, 6.07) is 9.69. The van der Waals surface area contributed by atoms with E-state index in [9.17, 15) is 4.79 Å². The molecular formula is C16H22O5. The zero-order valence-electron chi connectivity index (χ0n) is 12.7. The number of methoxy groups -OCH3 is 3. The number of hydrogen-bond donors (Lipinski definition) is 0. The minimum atomic E-state index is -1.21.